The zero-order valence-corrected chi connectivity index (χ0v) is 18.7. The van der Waals surface area contributed by atoms with Crippen LogP contribution in [-0.2, 0) is 19.8 Å². The maximum Gasteiger partial charge on any atom is 0.203 e. The van der Waals surface area contributed by atoms with Gasteiger partial charge in [-0.1, -0.05) is 25.1 Å². The third-order valence-corrected chi connectivity index (χ3v) is 6.09. The lowest BCUT2D eigenvalue weighted by Gasteiger charge is -2.23. The number of pyridine rings is 1. The smallest absolute Gasteiger partial charge is 0.203 e. The number of rotatable bonds is 8. The van der Waals surface area contributed by atoms with Gasteiger partial charge in [-0.2, -0.15) is 4.68 Å². The molecular formula is C23H31N6S+. The largest absolute Gasteiger partial charge is 0.371 e. The minimum Gasteiger partial charge on any atom is -0.371 e. The van der Waals surface area contributed by atoms with E-state index in [9.17, 15) is 0 Å². The van der Waals surface area contributed by atoms with Crippen LogP contribution < -0.4 is 9.80 Å². The number of nitrogens with one attached hydrogen (secondary N) is 1. The quantitative estimate of drug-likeness (QED) is 0.565. The maximum atomic E-state index is 5.80. The molecule has 158 valence electrons. The first-order chi connectivity index (χ1) is 14.7. The molecule has 0 saturated carbocycles. The van der Waals surface area contributed by atoms with Gasteiger partial charge in [0.2, 0.25) is 4.77 Å². The van der Waals surface area contributed by atoms with Gasteiger partial charge in [0.15, 0.2) is 12.5 Å². The topological polar surface area (TPSA) is 43.3 Å². The summed E-state index contributed by atoms with van der Waals surface area (Å²) in [6.45, 7) is 7.05. The Morgan fingerprint density at radius 2 is 1.80 bits per heavy atom. The minimum atomic E-state index is 0.738. The molecule has 0 bridgehead atoms. The summed E-state index contributed by atoms with van der Waals surface area (Å²) in [7, 11) is 2.22. The van der Waals surface area contributed by atoms with Crippen LogP contribution in [0.4, 0.5) is 5.69 Å². The van der Waals surface area contributed by atoms with Gasteiger partial charge in [0.05, 0.1) is 7.05 Å². The molecule has 1 aliphatic rings. The van der Waals surface area contributed by atoms with E-state index in [1.54, 1.807) is 12.4 Å². The molecule has 4 rings (SSSR count). The molecule has 2 aromatic heterocycles. The number of anilines is 1. The number of benzene rings is 1. The van der Waals surface area contributed by atoms with Gasteiger partial charge in [-0.05, 0) is 49.7 Å². The van der Waals surface area contributed by atoms with Crippen molar-refractivity contribution < 1.29 is 4.90 Å². The van der Waals surface area contributed by atoms with E-state index < -0.39 is 0 Å². The molecule has 0 radical (unpaired) electrons. The van der Waals surface area contributed by atoms with Crippen molar-refractivity contribution in [3.05, 3.63) is 59.1 Å². The maximum absolute atomic E-state index is 5.80. The summed E-state index contributed by atoms with van der Waals surface area (Å²) in [4.78, 5) is 8.01. The van der Waals surface area contributed by atoms with Crippen LogP contribution in [-0.4, -0.2) is 39.5 Å². The molecule has 3 heterocycles. The molecule has 30 heavy (non-hydrogen) atoms. The second-order valence-corrected chi connectivity index (χ2v) is 8.47. The highest BCUT2D eigenvalue weighted by Gasteiger charge is 2.19. The molecule has 1 atom stereocenters. The molecule has 6 nitrogen and oxygen atoms in total. The van der Waals surface area contributed by atoms with Crippen LogP contribution >= 0.6 is 12.2 Å². The van der Waals surface area contributed by atoms with Crippen LogP contribution in [0.15, 0.2) is 48.8 Å². The van der Waals surface area contributed by atoms with Crippen molar-refractivity contribution in [1.82, 2.24) is 19.3 Å². The van der Waals surface area contributed by atoms with Gasteiger partial charge in [-0.25, -0.2) is 0 Å². The third-order valence-electron chi connectivity index (χ3n) is 5.66. The lowest BCUT2D eigenvalue weighted by atomic mass is 10.1. The Hall–Kier alpha value is -2.51. The summed E-state index contributed by atoms with van der Waals surface area (Å²) in [6.07, 6.45) is 7.21. The third kappa shape index (κ3) is 4.47. The average molecular weight is 424 g/mol. The van der Waals surface area contributed by atoms with E-state index in [-0.39, 0.29) is 0 Å². The molecular weight excluding hydrogens is 392 g/mol. The molecule has 0 amide bonds. The first-order valence-corrected chi connectivity index (χ1v) is 11.3. The molecule has 3 aromatic rings. The summed E-state index contributed by atoms with van der Waals surface area (Å²) in [5.74, 6) is 0.925. The van der Waals surface area contributed by atoms with Crippen molar-refractivity contribution in [3.8, 4) is 11.4 Å². The number of nitrogens with zero attached hydrogens (tertiary/aromatic N) is 5. The fourth-order valence-corrected chi connectivity index (χ4v) is 4.53. The van der Waals surface area contributed by atoms with Crippen LogP contribution in [0.5, 0.6) is 0 Å². The Morgan fingerprint density at radius 3 is 2.53 bits per heavy atom. The molecule has 1 fully saturated rings. The number of aromatic nitrogens is 4. The Labute approximate surface area is 183 Å². The van der Waals surface area contributed by atoms with E-state index in [0.29, 0.717) is 0 Å². The SMILES string of the molecule is CCCn1c(-c2ccncc2)nn(C[NH+](C)Cc2ccccc2N2CCCC2)c1=S. The van der Waals surface area contributed by atoms with E-state index in [4.69, 9.17) is 17.3 Å². The first kappa shape index (κ1) is 20.8. The van der Waals surface area contributed by atoms with E-state index in [1.165, 1.54) is 29.0 Å². The highest BCUT2D eigenvalue weighted by Crippen LogP contribution is 2.24. The van der Waals surface area contributed by atoms with Gasteiger partial charge in [-0.3, -0.25) is 9.55 Å². The standard InChI is InChI=1S/C23H30N6S/c1-3-14-28-22(19-10-12-24-13-11-19)25-29(23(28)30)18-26(2)17-20-8-4-5-9-21(20)27-15-6-7-16-27/h4-5,8-13H,3,6-7,14-18H2,1-2H3/p+1. The summed E-state index contributed by atoms with van der Waals surface area (Å²) < 4.78 is 4.92. The Bertz CT molecular complexity index is 1020. The van der Waals surface area contributed by atoms with Crippen molar-refractivity contribution in [2.75, 3.05) is 25.0 Å². The lowest BCUT2D eigenvalue weighted by molar-refractivity contribution is -0.917. The fraction of sp³-hybridized carbons (Fsp3) is 0.435. The zero-order chi connectivity index (χ0) is 20.9. The summed E-state index contributed by atoms with van der Waals surface area (Å²) in [5.41, 5.74) is 3.83. The normalized spacial score (nSPS) is 14.9. The second kappa shape index (κ2) is 9.53. The van der Waals surface area contributed by atoms with Crippen LogP contribution in [0.2, 0.25) is 0 Å². The summed E-state index contributed by atoms with van der Waals surface area (Å²) >= 11 is 5.80. The van der Waals surface area contributed by atoms with Crippen molar-refractivity contribution in [2.45, 2.75) is 45.9 Å². The molecule has 1 aliphatic heterocycles. The lowest BCUT2D eigenvalue weighted by Crippen LogP contribution is -3.07. The second-order valence-electron chi connectivity index (χ2n) is 8.11. The van der Waals surface area contributed by atoms with Crippen LogP contribution in [0, 0.1) is 4.77 Å². The van der Waals surface area contributed by atoms with Gasteiger partial charge in [-0.15, -0.1) is 5.10 Å². The van der Waals surface area contributed by atoms with Crippen molar-refractivity contribution in [2.24, 2.45) is 0 Å². The van der Waals surface area contributed by atoms with Gasteiger partial charge in [0.1, 0.15) is 6.54 Å². The number of quaternary nitrogens is 1. The summed E-state index contributed by atoms with van der Waals surface area (Å²) in [6, 6.07) is 12.8. The molecule has 0 aliphatic carbocycles. The molecule has 1 aromatic carbocycles. The van der Waals surface area contributed by atoms with Gasteiger partial charge < -0.3 is 9.80 Å². The number of hydrogen-bond donors (Lipinski definition) is 1. The monoisotopic (exact) mass is 423 g/mol. The minimum absolute atomic E-state index is 0.738. The Morgan fingerprint density at radius 1 is 1.07 bits per heavy atom. The van der Waals surface area contributed by atoms with E-state index >= 15 is 0 Å². The molecule has 1 N–H and O–H groups in total. The van der Waals surface area contributed by atoms with Gasteiger partial charge >= 0.3 is 0 Å². The average Bonchev–Trinajstić information content (AvgIpc) is 3.40. The van der Waals surface area contributed by atoms with Crippen LogP contribution in [0.1, 0.15) is 31.7 Å². The van der Waals surface area contributed by atoms with E-state index in [0.717, 1.165) is 55.4 Å². The fourth-order valence-electron chi connectivity index (χ4n) is 4.25. The Kier molecular flexibility index (Phi) is 6.59. The van der Waals surface area contributed by atoms with Crippen LogP contribution in [0.3, 0.4) is 0 Å². The predicted molar refractivity (Wildman–Crippen MR) is 123 cm³/mol. The number of para-hydroxylation sites is 1. The van der Waals surface area contributed by atoms with Gasteiger partial charge in [0, 0.05) is 48.8 Å². The molecule has 7 heteroatoms. The van der Waals surface area contributed by atoms with Crippen molar-refractivity contribution in [3.63, 3.8) is 0 Å². The van der Waals surface area contributed by atoms with Crippen molar-refractivity contribution >= 4 is 17.9 Å². The molecule has 1 saturated heterocycles. The van der Waals surface area contributed by atoms with Crippen LogP contribution in [0.25, 0.3) is 11.4 Å². The van der Waals surface area contributed by atoms with E-state index in [2.05, 4.69) is 52.7 Å². The molecule has 1 unspecified atom stereocenters. The predicted octanol–water partition coefficient (Wildman–Crippen LogP) is 3.16. The summed E-state index contributed by atoms with van der Waals surface area (Å²) in [5, 5.41) is 4.90. The van der Waals surface area contributed by atoms with Gasteiger partial charge in [0.25, 0.3) is 0 Å². The highest BCUT2D eigenvalue weighted by atomic mass is 32.1. The highest BCUT2D eigenvalue weighted by molar-refractivity contribution is 7.71. The molecule has 0 spiro atoms. The Balaban J connectivity index is 1.56. The van der Waals surface area contributed by atoms with E-state index in [1.807, 2.05) is 16.8 Å². The number of hydrogen-bond acceptors (Lipinski definition) is 4. The first-order valence-electron chi connectivity index (χ1n) is 10.9. The zero-order valence-electron chi connectivity index (χ0n) is 17.9. The van der Waals surface area contributed by atoms with Crippen molar-refractivity contribution in [1.29, 1.82) is 0 Å².